The summed E-state index contributed by atoms with van der Waals surface area (Å²) in [5.41, 5.74) is -3.41. The summed E-state index contributed by atoms with van der Waals surface area (Å²) in [5.74, 6) is -1.10. The van der Waals surface area contributed by atoms with Gasteiger partial charge >= 0.3 is 18.3 Å². The molecular formula is C14H9F6N3O2. The number of hydrogen-bond acceptors (Lipinski definition) is 4. The molecule has 0 fully saturated rings. The van der Waals surface area contributed by atoms with E-state index in [1.807, 2.05) is 0 Å². The average molecular weight is 365 g/mol. The fraction of sp³-hybridized carbons (Fsp3) is 0.214. The lowest BCUT2D eigenvalue weighted by Crippen LogP contribution is -2.11. The van der Waals surface area contributed by atoms with Crippen molar-refractivity contribution in [2.24, 2.45) is 0 Å². The smallest absolute Gasteiger partial charge is 0.416 e. The highest BCUT2D eigenvalue weighted by Gasteiger charge is 2.37. The molecule has 0 atom stereocenters. The molecule has 2 rings (SSSR count). The van der Waals surface area contributed by atoms with Crippen molar-refractivity contribution in [3.8, 4) is 11.4 Å². The van der Waals surface area contributed by atoms with Crippen LogP contribution in [0.4, 0.5) is 26.3 Å². The van der Waals surface area contributed by atoms with Gasteiger partial charge in [0, 0.05) is 17.8 Å². The fourth-order valence-electron chi connectivity index (χ4n) is 1.77. The Balaban J connectivity index is 2.47. The third-order valence-corrected chi connectivity index (χ3v) is 2.92. The number of rotatable bonds is 3. The van der Waals surface area contributed by atoms with Crippen molar-refractivity contribution >= 4 is 12.2 Å². The van der Waals surface area contributed by atoms with Gasteiger partial charge < -0.3 is 4.74 Å². The van der Waals surface area contributed by atoms with Gasteiger partial charge in [0.15, 0.2) is 5.82 Å². The predicted molar refractivity (Wildman–Crippen MR) is 72.8 cm³/mol. The van der Waals surface area contributed by atoms with Crippen molar-refractivity contribution in [1.29, 1.82) is 0 Å². The highest BCUT2D eigenvalue weighted by Crippen LogP contribution is 2.37. The van der Waals surface area contributed by atoms with Gasteiger partial charge in [-0.05, 0) is 18.2 Å². The first-order chi connectivity index (χ1) is 11.5. The number of esters is 1. The summed E-state index contributed by atoms with van der Waals surface area (Å²) >= 11 is 0. The maximum absolute atomic E-state index is 12.8. The lowest BCUT2D eigenvalue weighted by atomic mass is 10.0. The second kappa shape index (κ2) is 6.57. The summed E-state index contributed by atoms with van der Waals surface area (Å²) in [6.45, 7) is 0. The predicted octanol–water partition coefficient (Wildman–Crippen LogP) is 3.63. The third-order valence-electron chi connectivity index (χ3n) is 2.92. The van der Waals surface area contributed by atoms with Gasteiger partial charge in [0.2, 0.25) is 0 Å². The Bertz CT molecular complexity index is 775. The molecule has 0 aliphatic carbocycles. The topological polar surface area (TPSA) is 57.0 Å². The van der Waals surface area contributed by atoms with E-state index in [4.69, 9.17) is 0 Å². The summed E-state index contributed by atoms with van der Waals surface area (Å²) in [4.78, 5) is 14.6. The van der Waals surface area contributed by atoms with Crippen molar-refractivity contribution in [2.75, 3.05) is 7.11 Å². The molecule has 1 heterocycles. The standard InChI is InChI=1S/C14H9F6N3O2/c1-25-11(24)2-3-23-7-21-12(22-23)8-4-9(13(15,16)17)6-10(5-8)14(18,19)20/h2-7H,1H3/b3-2-. The number of methoxy groups -OCH3 is 1. The van der Waals surface area contributed by atoms with Crippen molar-refractivity contribution < 1.29 is 35.9 Å². The highest BCUT2D eigenvalue weighted by atomic mass is 19.4. The van der Waals surface area contributed by atoms with E-state index < -0.39 is 35.0 Å². The van der Waals surface area contributed by atoms with Crippen LogP contribution in [0.5, 0.6) is 0 Å². The van der Waals surface area contributed by atoms with Crippen molar-refractivity contribution in [3.63, 3.8) is 0 Å². The molecule has 1 aromatic carbocycles. The molecule has 0 saturated heterocycles. The first-order valence-electron chi connectivity index (χ1n) is 6.48. The van der Waals surface area contributed by atoms with Gasteiger partial charge in [-0.3, -0.25) is 0 Å². The number of hydrogen-bond donors (Lipinski definition) is 0. The number of nitrogens with zero attached hydrogens (tertiary/aromatic N) is 3. The van der Waals surface area contributed by atoms with E-state index in [0.717, 1.165) is 30.4 Å². The van der Waals surface area contributed by atoms with Gasteiger partial charge in [0.25, 0.3) is 0 Å². The van der Waals surface area contributed by atoms with Gasteiger partial charge in [-0.25, -0.2) is 14.5 Å². The Hall–Kier alpha value is -2.85. The van der Waals surface area contributed by atoms with Gasteiger partial charge in [0.1, 0.15) is 6.33 Å². The number of aromatic nitrogens is 3. The van der Waals surface area contributed by atoms with Crippen LogP contribution >= 0.6 is 0 Å². The Morgan fingerprint density at radius 3 is 2.12 bits per heavy atom. The van der Waals surface area contributed by atoms with E-state index in [1.165, 1.54) is 0 Å². The SMILES string of the molecule is COC(=O)/C=C\n1cnc(-c2cc(C(F)(F)F)cc(C(F)(F)F)c2)n1. The maximum Gasteiger partial charge on any atom is 0.416 e. The van der Waals surface area contributed by atoms with Crippen LogP contribution < -0.4 is 0 Å². The molecule has 0 spiro atoms. The monoisotopic (exact) mass is 365 g/mol. The highest BCUT2D eigenvalue weighted by molar-refractivity contribution is 5.84. The van der Waals surface area contributed by atoms with E-state index >= 15 is 0 Å². The summed E-state index contributed by atoms with van der Waals surface area (Å²) in [7, 11) is 1.13. The Morgan fingerprint density at radius 2 is 1.64 bits per heavy atom. The second-order valence-electron chi connectivity index (χ2n) is 4.68. The first kappa shape index (κ1) is 18.5. The number of ether oxygens (including phenoxy) is 1. The molecule has 0 radical (unpaired) electrons. The van der Waals surface area contributed by atoms with E-state index in [9.17, 15) is 31.1 Å². The molecule has 0 saturated carbocycles. The van der Waals surface area contributed by atoms with Gasteiger partial charge in [0.05, 0.1) is 18.2 Å². The van der Waals surface area contributed by atoms with Crippen molar-refractivity contribution in [3.05, 3.63) is 41.7 Å². The third kappa shape index (κ3) is 4.58. The van der Waals surface area contributed by atoms with Crippen LogP contribution in [0.25, 0.3) is 17.6 Å². The van der Waals surface area contributed by atoms with Crippen LogP contribution in [0, 0.1) is 0 Å². The lowest BCUT2D eigenvalue weighted by Gasteiger charge is -2.13. The minimum atomic E-state index is -4.97. The molecule has 0 aliphatic heterocycles. The van der Waals surface area contributed by atoms with Crippen LogP contribution in [0.2, 0.25) is 0 Å². The molecule has 2 aromatic rings. The number of carbonyl (C=O) groups excluding carboxylic acids is 1. The molecule has 134 valence electrons. The van der Waals surface area contributed by atoms with Crippen molar-refractivity contribution in [1.82, 2.24) is 14.8 Å². The van der Waals surface area contributed by atoms with Crippen molar-refractivity contribution in [2.45, 2.75) is 12.4 Å². The summed E-state index contributed by atoms with van der Waals surface area (Å²) in [5, 5.41) is 3.71. The molecule has 0 amide bonds. The second-order valence-corrected chi connectivity index (χ2v) is 4.68. The van der Waals surface area contributed by atoms with Gasteiger partial charge in [-0.15, -0.1) is 5.10 Å². The molecule has 0 N–H and O–H groups in total. The molecule has 0 aliphatic rings. The largest absolute Gasteiger partial charge is 0.466 e. The summed E-state index contributed by atoms with van der Waals surface area (Å²) in [6, 6.07) is 1.04. The first-order valence-corrected chi connectivity index (χ1v) is 6.48. The zero-order valence-electron chi connectivity index (χ0n) is 12.4. The van der Waals surface area contributed by atoms with E-state index in [2.05, 4.69) is 14.8 Å². The van der Waals surface area contributed by atoms with Crippen LogP contribution in [0.15, 0.2) is 30.6 Å². The zero-order valence-corrected chi connectivity index (χ0v) is 12.4. The molecular weight excluding hydrogens is 356 g/mol. The molecule has 25 heavy (non-hydrogen) atoms. The van der Waals surface area contributed by atoms with Crippen LogP contribution in [0.3, 0.4) is 0 Å². The quantitative estimate of drug-likeness (QED) is 0.474. The zero-order chi connectivity index (χ0) is 18.8. The summed E-state index contributed by atoms with van der Waals surface area (Å²) in [6.07, 6.45) is -6.89. The Kier molecular flexibility index (Phi) is 4.86. The van der Waals surface area contributed by atoms with Crippen LogP contribution in [-0.2, 0) is 21.9 Å². The van der Waals surface area contributed by atoms with Crippen LogP contribution in [0.1, 0.15) is 11.1 Å². The Morgan fingerprint density at radius 1 is 1.08 bits per heavy atom. The van der Waals surface area contributed by atoms with Gasteiger partial charge in [-0.2, -0.15) is 26.3 Å². The van der Waals surface area contributed by atoms with Gasteiger partial charge in [-0.1, -0.05) is 0 Å². The fourth-order valence-corrected chi connectivity index (χ4v) is 1.77. The minimum Gasteiger partial charge on any atom is -0.466 e. The van der Waals surface area contributed by atoms with E-state index in [-0.39, 0.29) is 11.9 Å². The number of carbonyl (C=O) groups is 1. The molecule has 0 bridgehead atoms. The molecule has 1 aromatic heterocycles. The lowest BCUT2D eigenvalue weighted by molar-refractivity contribution is -0.143. The number of alkyl halides is 6. The molecule has 5 nitrogen and oxygen atoms in total. The molecule has 0 unspecified atom stereocenters. The normalized spacial score (nSPS) is 12.6. The Labute approximate surface area is 136 Å². The van der Waals surface area contributed by atoms with Crippen LogP contribution in [-0.4, -0.2) is 27.8 Å². The maximum atomic E-state index is 12.8. The number of benzene rings is 1. The van der Waals surface area contributed by atoms with E-state index in [0.29, 0.717) is 12.1 Å². The minimum absolute atomic E-state index is 0.0116. The molecule has 11 heteroatoms. The average Bonchev–Trinajstić information content (AvgIpc) is 2.99. The number of halogens is 6. The summed E-state index contributed by atoms with van der Waals surface area (Å²) < 4.78 is 82.3. The van der Waals surface area contributed by atoms with E-state index in [1.54, 1.807) is 0 Å².